The number of pyridine rings is 1. The molecule has 35 heavy (non-hydrogen) atoms. The Morgan fingerprint density at radius 1 is 1.11 bits per heavy atom. The van der Waals surface area contributed by atoms with Crippen molar-refractivity contribution in [1.29, 1.82) is 0 Å². The van der Waals surface area contributed by atoms with Crippen LogP contribution in [0.1, 0.15) is 36.3 Å². The molecule has 0 saturated carbocycles. The Morgan fingerprint density at radius 3 is 2.51 bits per heavy atom. The molecule has 3 aromatic rings. The zero-order valence-electron chi connectivity index (χ0n) is 19.1. The number of hydrogen-bond acceptors (Lipinski definition) is 6. The quantitative estimate of drug-likeness (QED) is 0.176. The standard InChI is InChI=1S/C25H25BrF3N3O3/c1-4-6-10-14-33-21-17(3)15-19(26)20(30-21)22-31-32-23(35-22)24(13-5-2,25(27,28)29)34-16-18-11-8-7-9-12-18/h4-5,7-9,11-12,15H,1-2,6,10,13-14,16H2,3H3. The summed E-state index contributed by atoms with van der Waals surface area (Å²) in [5.74, 6) is -0.622. The number of unbranched alkanes of at least 4 members (excludes halogenated alkanes) is 1. The third-order valence-electron chi connectivity index (χ3n) is 5.10. The van der Waals surface area contributed by atoms with E-state index in [0.29, 0.717) is 22.5 Å². The lowest BCUT2D eigenvalue weighted by Gasteiger charge is -2.31. The Kier molecular flexibility index (Phi) is 8.85. The first-order chi connectivity index (χ1) is 16.7. The van der Waals surface area contributed by atoms with Crippen LogP contribution in [-0.4, -0.2) is 28.0 Å². The second-order valence-electron chi connectivity index (χ2n) is 7.72. The van der Waals surface area contributed by atoms with Gasteiger partial charge in [-0.05, 0) is 47.3 Å². The SMILES string of the molecule is C=CCCCOc1nc(-c2nnc(C(CC=C)(OCc3ccccc3)C(F)(F)F)o2)c(Br)cc1C. The van der Waals surface area contributed by atoms with E-state index < -0.39 is 24.1 Å². The molecule has 0 saturated heterocycles. The van der Waals surface area contributed by atoms with E-state index in [-0.39, 0.29) is 18.2 Å². The van der Waals surface area contributed by atoms with Gasteiger partial charge in [-0.25, -0.2) is 4.98 Å². The maximum atomic E-state index is 14.4. The molecule has 0 spiro atoms. The lowest BCUT2D eigenvalue weighted by molar-refractivity contribution is -0.295. The Bertz CT molecular complexity index is 1150. The van der Waals surface area contributed by atoms with Gasteiger partial charge in [-0.3, -0.25) is 0 Å². The normalized spacial score (nSPS) is 13.3. The van der Waals surface area contributed by atoms with Crippen LogP contribution < -0.4 is 4.74 Å². The molecule has 10 heteroatoms. The minimum absolute atomic E-state index is 0.158. The Balaban J connectivity index is 1.97. The van der Waals surface area contributed by atoms with Gasteiger partial charge in [-0.15, -0.1) is 23.4 Å². The van der Waals surface area contributed by atoms with Gasteiger partial charge in [0, 0.05) is 16.5 Å². The summed E-state index contributed by atoms with van der Waals surface area (Å²) < 4.78 is 60.4. The van der Waals surface area contributed by atoms with Gasteiger partial charge >= 0.3 is 6.18 Å². The molecule has 0 fully saturated rings. The van der Waals surface area contributed by atoms with E-state index in [1.54, 1.807) is 49.4 Å². The average molecular weight is 552 g/mol. The molecule has 0 aliphatic carbocycles. The van der Waals surface area contributed by atoms with Gasteiger partial charge in [0.25, 0.3) is 11.8 Å². The smallest absolute Gasteiger partial charge is 0.426 e. The van der Waals surface area contributed by atoms with E-state index in [4.69, 9.17) is 13.9 Å². The van der Waals surface area contributed by atoms with E-state index >= 15 is 0 Å². The van der Waals surface area contributed by atoms with Crippen molar-refractivity contribution in [3.05, 3.63) is 83.2 Å². The third-order valence-corrected chi connectivity index (χ3v) is 5.71. The van der Waals surface area contributed by atoms with E-state index in [1.807, 2.05) is 0 Å². The fourth-order valence-corrected chi connectivity index (χ4v) is 3.85. The summed E-state index contributed by atoms with van der Waals surface area (Å²) in [6.45, 7) is 9.03. The van der Waals surface area contributed by atoms with Gasteiger partial charge in [0.05, 0.1) is 13.2 Å². The van der Waals surface area contributed by atoms with Gasteiger partial charge in [0.2, 0.25) is 11.5 Å². The van der Waals surface area contributed by atoms with Crippen molar-refractivity contribution in [1.82, 2.24) is 15.2 Å². The van der Waals surface area contributed by atoms with Crippen LogP contribution in [0.4, 0.5) is 13.2 Å². The molecule has 0 amide bonds. The van der Waals surface area contributed by atoms with Crippen LogP contribution >= 0.6 is 15.9 Å². The number of aromatic nitrogens is 3. The van der Waals surface area contributed by atoms with Crippen LogP contribution in [0.3, 0.4) is 0 Å². The second-order valence-corrected chi connectivity index (χ2v) is 8.58. The number of aryl methyl sites for hydroxylation is 1. The molecule has 6 nitrogen and oxygen atoms in total. The Labute approximate surface area is 210 Å². The van der Waals surface area contributed by atoms with E-state index in [9.17, 15) is 13.2 Å². The largest absolute Gasteiger partial charge is 0.477 e. The van der Waals surface area contributed by atoms with Crippen molar-refractivity contribution < 1.29 is 27.1 Å². The number of allylic oxidation sites excluding steroid dienone is 1. The summed E-state index contributed by atoms with van der Waals surface area (Å²) in [6, 6.07) is 10.2. The van der Waals surface area contributed by atoms with E-state index in [0.717, 1.165) is 24.5 Å². The highest BCUT2D eigenvalue weighted by Crippen LogP contribution is 2.46. The predicted molar refractivity (Wildman–Crippen MR) is 129 cm³/mol. The number of hydrogen-bond donors (Lipinski definition) is 0. The minimum atomic E-state index is -4.86. The van der Waals surface area contributed by atoms with Crippen molar-refractivity contribution >= 4 is 15.9 Å². The molecule has 3 rings (SSSR count). The maximum absolute atomic E-state index is 14.4. The summed E-state index contributed by atoms with van der Waals surface area (Å²) in [5, 5.41) is 7.57. The minimum Gasteiger partial charge on any atom is -0.477 e. The number of halogens is 4. The first-order valence-corrected chi connectivity index (χ1v) is 11.6. The summed E-state index contributed by atoms with van der Waals surface area (Å²) in [5.41, 5.74) is -1.42. The van der Waals surface area contributed by atoms with Crippen LogP contribution in [0.2, 0.25) is 0 Å². The molecule has 2 aromatic heterocycles. The molecule has 0 N–H and O–H groups in total. The van der Waals surface area contributed by atoms with Gasteiger partial charge < -0.3 is 13.9 Å². The Hall–Kier alpha value is -2.98. The van der Waals surface area contributed by atoms with Crippen molar-refractivity contribution in [2.24, 2.45) is 0 Å². The molecule has 1 aromatic carbocycles. The van der Waals surface area contributed by atoms with Crippen molar-refractivity contribution in [3.63, 3.8) is 0 Å². The zero-order chi connectivity index (χ0) is 25.5. The highest BCUT2D eigenvalue weighted by atomic mass is 79.9. The average Bonchev–Trinajstić information content (AvgIpc) is 3.31. The van der Waals surface area contributed by atoms with Gasteiger partial charge in [-0.1, -0.05) is 42.5 Å². The number of rotatable bonds is 12. The first-order valence-electron chi connectivity index (χ1n) is 10.8. The van der Waals surface area contributed by atoms with Crippen LogP contribution in [0, 0.1) is 6.92 Å². The molecule has 2 heterocycles. The molecule has 0 aliphatic rings. The molecule has 0 bridgehead atoms. The van der Waals surface area contributed by atoms with Gasteiger partial charge in [-0.2, -0.15) is 13.2 Å². The van der Waals surface area contributed by atoms with Crippen molar-refractivity contribution in [2.45, 2.75) is 44.6 Å². The molecular formula is C25H25BrF3N3O3. The monoisotopic (exact) mass is 551 g/mol. The fraction of sp³-hybridized carbons (Fsp3) is 0.320. The first kappa shape index (κ1) is 26.6. The predicted octanol–water partition coefficient (Wildman–Crippen LogP) is 7.10. The topological polar surface area (TPSA) is 70.3 Å². The lowest BCUT2D eigenvalue weighted by Crippen LogP contribution is -2.45. The molecular weight excluding hydrogens is 527 g/mol. The van der Waals surface area contributed by atoms with E-state index in [2.05, 4.69) is 44.3 Å². The van der Waals surface area contributed by atoms with Crippen molar-refractivity contribution in [3.8, 4) is 17.5 Å². The maximum Gasteiger partial charge on any atom is 0.426 e. The number of alkyl halides is 3. The fourth-order valence-electron chi connectivity index (χ4n) is 3.25. The number of benzene rings is 1. The Morgan fingerprint density at radius 2 is 1.86 bits per heavy atom. The number of nitrogens with zero attached hydrogens (tertiary/aromatic N) is 3. The van der Waals surface area contributed by atoms with E-state index in [1.165, 1.54) is 0 Å². The third kappa shape index (κ3) is 6.18. The van der Waals surface area contributed by atoms with Crippen molar-refractivity contribution in [2.75, 3.05) is 6.61 Å². The molecule has 0 aliphatic heterocycles. The summed E-state index contributed by atoms with van der Waals surface area (Å²) in [4.78, 5) is 4.40. The lowest BCUT2D eigenvalue weighted by atomic mass is 9.98. The summed E-state index contributed by atoms with van der Waals surface area (Å²) in [7, 11) is 0. The highest BCUT2D eigenvalue weighted by molar-refractivity contribution is 9.10. The number of ether oxygens (including phenoxy) is 2. The summed E-state index contributed by atoms with van der Waals surface area (Å²) >= 11 is 3.37. The second kappa shape index (κ2) is 11.6. The van der Waals surface area contributed by atoms with Crippen LogP contribution in [-0.2, 0) is 16.9 Å². The molecule has 186 valence electrons. The molecule has 0 radical (unpaired) electrons. The molecule has 1 atom stereocenters. The van der Waals surface area contributed by atoms with Crippen LogP contribution in [0.5, 0.6) is 5.88 Å². The van der Waals surface area contributed by atoms with Crippen LogP contribution in [0.15, 0.2) is 70.6 Å². The van der Waals surface area contributed by atoms with Gasteiger partial charge in [0.15, 0.2) is 0 Å². The summed E-state index contributed by atoms with van der Waals surface area (Å²) in [6.07, 6.45) is -1.07. The molecule has 1 unspecified atom stereocenters. The zero-order valence-corrected chi connectivity index (χ0v) is 20.7. The van der Waals surface area contributed by atoms with Crippen LogP contribution in [0.25, 0.3) is 11.6 Å². The highest BCUT2D eigenvalue weighted by Gasteiger charge is 2.60. The van der Waals surface area contributed by atoms with Gasteiger partial charge in [0.1, 0.15) is 5.69 Å².